The highest BCUT2D eigenvalue weighted by atomic mass is 15.4. The lowest BCUT2D eigenvalue weighted by molar-refractivity contribution is 0.305. The average Bonchev–Trinajstić information content (AvgIpc) is 2.97. The first-order valence-electron chi connectivity index (χ1n) is 9.07. The summed E-state index contributed by atoms with van der Waals surface area (Å²) in [7, 11) is 0. The summed E-state index contributed by atoms with van der Waals surface area (Å²) >= 11 is 0. The van der Waals surface area contributed by atoms with Crippen LogP contribution in [-0.4, -0.2) is 27.1 Å². The highest BCUT2D eigenvalue weighted by molar-refractivity contribution is 6.06. The maximum atomic E-state index is 6.29. The Kier molecular flexibility index (Phi) is 3.86. The van der Waals surface area contributed by atoms with Crippen molar-refractivity contribution in [2.75, 3.05) is 4.90 Å². The van der Waals surface area contributed by atoms with Crippen LogP contribution in [0.25, 0.3) is 11.0 Å². The van der Waals surface area contributed by atoms with Gasteiger partial charge in [-0.15, -0.1) is 0 Å². The molecule has 25 heavy (non-hydrogen) atoms. The second-order valence-corrected chi connectivity index (χ2v) is 6.93. The third-order valence-electron chi connectivity index (χ3n) is 5.18. The maximum Gasteiger partial charge on any atom is 0.220 e. The fraction of sp³-hybridized carbons (Fsp3) is 0.500. The average molecular weight is 339 g/mol. The van der Waals surface area contributed by atoms with E-state index in [1.54, 1.807) is 0 Å². The van der Waals surface area contributed by atoms with E-state index >= 15 is 0 Å². The van der Waals surface area contributed by atoms with E-state index in [2.05, 4.69) is 44.6 Å². The van der Waals surface area contributed by atoms with Gasteiger partial charge in [0.05, 0.1) is 17.4 Å². The standard InChI is InChI=1S/C18H25N7/c1-2-10-24-12-21-14-11-13(6-7-15(14)24)25-17(20)22-16(19)23-18(25)8-4-3-5-9-18/h6-7,11-12H,2-5,8-10H2,1H3,(H4,19,20,22,23). The molecular weight excluding hydrogens is 314 g/mol. The van der Waals surface area contributed by atoms with Crippen molar-refractivity contribution in [3.8, 4) is 0 Å². The van der Waals surface area contributed by atoms with Gasteiger partial charge in [-0.25, -0.2) is 9.98 Å². The predicted molar refractivity (Wildman–Crippen MR) is 102 cm³/mol. The number of hydrogen-bond donors (Lipinski definition) is 2. The molecule has 1 spiro atoms. The van der Waals surface area contributed by atoms with Crippen LogP contribution in [0.5, 0.6) is 0 Å². The molecule has 0 unspecified atom stereocenters. The lowest BCUT2D eigenvalue weighted by atomic mass is 9.87. The molecule has 2 heterocycles. The van der Waals surface area contributed by atoms with Crippen molar-refractivity contribution in [2.45, 2.75) is 57.7 Å². The number of benzene rings is 1. The van der Waals surface area contributed by atoms with Crippen molar-refractivity contribution in [1.82, 2.24) is 9.55 Å². The van der Waals surface area contributed by atoms with Crippen LogP contribution in [0.1, 0.15) is 45.4 Å². The smallest absolute Gasteiger partial charge is 0.220 e. The fourth-order valence-corrected chi connectivity index (χ4v) is 4.11. The summed E-state index contributed by atoms with van der Waals surface area (Å²) < 4.78 is 2.18. The van der Waals surface area contributed by atoms with E-state index in [-0.39, 0.29) is 5.96 Å². The van der Waals surface area contributed by atoms with Gasteiger partial charge in [-0.1, -0.05) is 13.3 Å². The van der Waals surface area contributed by atoms with Gasteiger partial charge in [-0.3, -0.25) is 4.90 Å². The Morgan fingerprint density at radius 3 is 2.72 bits per heavy atom. The van der Waals surface area contributed by atoms with Gasteiger partial charge in [-0.05, 0) is 50.3 Å². The van der Waals surface area contributed by atoms with Gasteiger partial charge in [0.1, 0.15) is 5.66 Å². The number of anilines is 1. The van der Waals surface area contributed by atoms with E-state index in [1.807, 2.05) is 6.33 Å². The van der Waals surface area contributed by atoms with Crippen molar-refractivity contribution in [3.05, 3.63) is 24.5 Å². The number of guanidine groups is 2. The number of aryl methyl sites for hydroxylation is 1. The molecule has 1 aromatic heterocycles. The summed E-state index contributed by atoms with van der Waals surface area (Å²) in [6, 6.07) is 6.28. The highest BCUT2D eigenvalue weighted by Crippen LogP contribution is 2.40. The topological polar surface area (TPSA) is 97.8 Å². The van der Waals surface area contributed by atoms with Crippen LogP contribution < -0.4 is 16.4 Å². The molecule has 0 radical (unpaired) electrons. The third-order valence-corrected chi connectivity index (χ3v) is 5.18. The zero-order valence-corrected chi connectivity index (χ0v) is 14.6. The molecule has 0 atom stereocenters. The molecule has 7 nitrogen and oxygen atoms in total. The molecule has 1 aliphatic heterocycles. The first-order chi connectivity index (χ1) is 12.1. The molecule has 1 fully saturated rings. The Hall–Kier alpha value is -2.57. The number of hydrogen-bond acceptors (Lipinski definition) is 6. The van der Waals surface area contributed by atoms with Crippen LogP contribution in [0.15, 0.2) is 34.5 Å². The number of imidazole rings is 1. The molecule has 4 rings (SSSR count). The predicted octanol–water partition coefficient (Wildman–Crippen LogP) is 2.56. The van der Waals surface area contributed by atoms with Crippen molar-refractivity contribution >= 4 is 28.6 Å². The molecule has 1 aliphatic carbocycles. The summed E-state index contributed by atoms with van der Waals surface area (Å²) in [6.45, 7) is 3.13. The molecule has 1 aromatic carbocycles. The molecule has 2 aromatic rings. The van der Waals surface area contributed by atoms with E-state index < -0.39 is 5.66 Å². The molecule has 4 N–H and O–H groups in total. The monoisotopic (exact) mass is 339 g/mol. The number of fused-ring (bicyclic) bond motifs is 1. The number of aromatic nitrogens is 2. The minimum absolute atomic E-state index is 0.281. The Morgan fingerprint density at radius 2 is 1.96 bits per heavy atom. The minimum Gasteiger partial charge on any atom is -0.369 e. The molecule has 0 bridgehead atoms. The zero-order chi connectivity index (χ0) is 17.4. The summed E-state index contributed by atoms with van der Waals surface area (Å²) in [5, 5.41) is 0. The van der Waals surface area contributed by atoms with Crippen LogP contribution in [0.2, 0.25) is 0 Å². The lowest BCUT2D eigenvalue weighted by Crippen LogP contribution is -2.58. The number of rotatable bonds is 3. The van der Waals surface area contributed by atoms with Crippen LogP contribution in [-0.2, 0) is 6.54 Å². The molecule has 2 aliphatic rings. The van der Waals surface area contributed by atoms with E-state index in [9.17, 15) is 0 Å². The first kappa shape index (κ1) is 15.9. The molecule has 0 saturated heterocycles. The van der Waals surface area contributed by atoms with Gasteiger partial charge in [0.25, 0.3) is 0 Å². The van der Waals surface area contributed by atoms with Gasteiger partial charge in [0.2, 0.25) is 11.9 Å². The van der Waals surface area contributed by atoms with Gasteiger partial charge in [0.15, 0.2) is 0 Å². The molecular formula is C18H25N7. The number of nitrogens with zero attached hydrogens (tertiary/aromatic N) is 5. The SMILES string of the molecule is CCCn1cnc2cc(N3C(N)=NC(N)=NC34CCCCC4)ccc21. The van der Waals surface area contributed by atoms with Crippen molar-refractivity contribution in [3.63, 3.8) is 0 Å². The quantitative estimate of drug-likeness (QED) is 0.898. The Labute approximate surface area is 147 Å². The number of aliphatic imine (C=N–C) groups is 2. The second kappa shape index (κ2) is 6.06. The van der Waals surface area contributed by atoms with Crippen LogP contribution in [0.4, 0.5) is 5.69 Å². The van der Waals surface area contributed by atoms with Crippen LogP contribution in [0.3, 0.4) is 0 Å². The molecule has 7 heteroatoms. The highest BCUT2D eigenvalue weighted by Gasteiger charge is 2.42. The maximum absolute atomic E-state index is 6.29. The summed E-state index contributed by atoms with van der Waals surface area (Å²) in [5.74, 6) is 0.700. The summed E-state index contributed by atoms with van der Waals surface area (Å²) in [6.07, 6.45) is 8.32. The zero-order valence-electron chi connectivity index (χ0n) is 14.6. The van der Waals surface area contributed by atoms with E-state index in [4.69, 9.17) is 16.5 Å². The first-order valence-corrected chi connectivity index (χ1v) is 9.07. The van der Waals surface area contributed by atoms with Crippen LogP contribution >= 0.6 is 0 Å². The largest absolute Gasteiger partial charge is 0.369 e. The van der Waals surface area contributed by atoms with Crippen molar-refractivity contribution < 1.29 is 0 Å². The third kappa shape index (κ3) is 2.63. The molecule has 1 saturated carbocycles. The van der Waals surface area contributed by atoms with Gasteiger partial charge < -0.3 is 16.0 Å². The summed E-state index contributed by atoms with van der Waals surface area (Å²) in [4.78, 5) is 15.6. The Morgan fingerprint density at radius 1 is 1.16 bits per heavy atom. The fourth-order valence-electron chi connectivity index (χ4n) is 4.11. The van der Waals surface area contributed by atoms with E-state index in [0.717, 1.165) is 55.4 Å². The Bertz CT molecular complexity index is 842. The minimum atomic E-state index is -0.409. The molecule has 132 valence electrons. The number of nitrogens with two attached hydrogens (primary N) is 2. The normalized spacial score (nSPS) is 20.0. The second-order valence-electron chi connectivity index (χ2n) is 6.93. The van der Waals surface area contributed by atoms with Gasteiger partial charge in [0, 0.05) is 12.2 Å². The van der Waals surface area contributed by atoms with E-state index in [0.29, 0.717) is 5.96 Å². The molecule has 0 amide bonds. The van der Waals surface area contributed by atoms with Gasteiger partial charge in [-0.2, -0.15) is 4.99 Å². The van der Waals surface area contributed by atoms with Crippen molar-refractivity contribution in [1.29, 1.82) is 0 Å². The lowest BCUT2D eigenvalue weighted by Gasteiger charge is -2.45. The van der Waals surface area contributed by atoms with Gasteiger partial charge >= 0.3 is 0 Å². The van der Waals surface area contributed by atoms with Crippen LogP contribution in [0, 0.1) is 0 Å². The van der Waals surface area contributed by atoms with Crippen molar-refractivity contribution in [2.24, 2.45) is 21.5 Å². The Balaban J connectivity index is 1.78. The summed E-state index contributed by atoms with van der Waals surface area (Å²) in [5.41, 5.74) is 14.9. The van der Waals surface area contributed by atoms with E-state index in [1.165, 1.54) is 6.42 Å².